The molecule has 0 saturated heterocycles. The normalized spacial score (nSPS) is 14.9. The Morgan fingerprint density at radius 2 is 2.11 bits per heavy atom. The van der Waals surface area contributed by atoms with Gasteiger partial charge in [-0.15, -0.1) is 0 Å². The van der Waals surface area contributed by atoms with Gasteiger partial charge in [0.05, 0.1) is 10.9 Å². The van der Waals surface area contributed by atoms with Crippen LogP contribution in [0.3, 0.4) is 0 Å². The molecule has 2 aromatic rings. The van der Waals surface area contributed by atoms with Crippen LogP contribution in [0.1, 0.15) is 5.56 Å². The predicted octanol–water partition coefficient (Wildman–Crippen LogP) is 2.50. The molecule has 0 radical (unpaired) electrons. The van der Waals surface area contributed by atoms with Gasteiger partial charge in [0.25, 0.3) is 0 Å². The summed E-state index contributed by atoms with van der Waals surface area (Å²) in [6, 6.07) is 6.99. The standard InChI is InChI=1S/C14H10NO3/c16-14-10-5-1-2-7-13(10)18-9-11(14)12-6-3-4-8-15(12)17/h1-7,9H,8H2/q-1. The number of hydrogen-bond acceptors (Lipinski definition) is 4. The quantitative estimate of drug-likeness (QED) is 0.768. The van der Waals surface area contributed by atoms with Crippen LogP contribution in [0.2, 0.25) is 0 Å². The van der Waals surface area contributed by atoms with E-state index < -0.39 is 0 Å². The van der Waals surface area contributed by atoms with Crippen molar-refractivity contribution < 1.29 is 4.42 Å². The van der Waals surface area contributed by atoms with E-state index in [4.69, 9.17) is 4.42 Å². The molecule has 0 spiro atoms. The fraction of sp³-hybridized carbons (Fsp3) is 0.0714. The average Bonchev–Trinajstić information content (AvgIpc) is 2.41. The summed E-state index contributed by atoms with van der Waals surface area (Å²) in [7, 11) is 0. The molecule has 0 bridgehead atoms. The minimum absolute atomic E-state index is 0.181. The molecule has 0 fully saturated rings. The van der Waals surface area contributed by atoms with Crippen LogP contribution in [0.15, 0.2) is 58.0 Å². The fourth-order valence-electron chi connectivity index (χ4n) is 1.98. The van der Waals surface area contributed by atoms with Crippen LogP contribution in [0.25, 0.3) is 16.7 Å². The van der Waals surface area contributed by atoms with Crippen molar-refractivity contribution in [1.29, 1.82) is 0 Å². The molecular formula is C14H10NO3-. The Morgan fingerprint density at radius 1 is 1.28 bits per heavy atom. The highest BCUT2D eigenvalue weighted by atomic mass is 16.5. The number of hydrogen-bond donors (Lipinski definition) is 0. The summed E-state index contributed by atoms with van der Waals surface area (Å²) < 4.78 is 5.39. The molecule has 4 nitrogen and oxygen atoms in total. The van der Waals surface area contributed by atoms with E-state index in [0.717, 1.165) is 5.06 Å². The largest absolute Gasteiger partial charge is 0.758 e. The molecule has 18 heavy (non-hydrogen) atoms. The second-order valence-corrected chi connectivity index (χ2v) is 4.02. The third-order valence-electron chi connectivity index (χ3n) is 2.89. The van der Waals surface area contributed by atoms with Crippen LogP contribution < -0.4 is 5.43 Å². The molecule has 1 aromatic carbocycles. The van der Waals surface area contributed by atoms with Gasteiger partial charge in [-0.2, -0.15) is 0 Å². The van der Waals surface area contributed by atoms with E-state index in [2.05, 4.69) is 0 Å². The van der Waals surface area contributed by atoms with Crippen molar-refractivity contribution in [2.24, 2.45) is 0 Å². The highest BCUT2D eigenvalue weighted by Gasteiger charge is 2.12. The van der Waals surface area contributed by atoms with Crippen molar-refractivity contribution in [2.45, 2.75) is 0 Å². The highest BCUT2D eigenvalue weighted by molar-refractivity contribution is 5.80. The lowest BCUT2D eigenvalue weighted by atomic mass is 10.1. The molecule has 0 unspecified atom stereocenters. The van der Waals surface area contributed by atoms with Crippen LogP contribution in [0, 0.1) is 5.21 Å². The third kappa shape index (κ3) is 1.63. The molecule has 0 saturated carbocycles. The van der Waals surface area contributed by atoms with E-state index in [1.165, 1.54) is 6.26 Å². The van der Waals surface area contributed by atoms with Gasteiger partial charge in [-0.05, 0) is 18.2 Å². The van der Waals surface area contributed by atoms with Crippen molar-refractivity contribution >= 4 is 16.7 Å². The van der Waals surface area contributed by atoms with Gasteiger partial charge in [0.15, 0.2) is 0 Å². The number of benzene rings is 1. The van der Waals surface area contributed by atoms with E-state index >= 15 is 0 Å². The Kier molecular flexibility index (Phi) is 2.50. The van der Waals surface area contributed by atoms with E-state index in [1.807, 2.05) is 0 Å². The summed E-state index contributed by atoms with van der Waals surface area (Å²) >= 11 is 0. The van der Waals surface area contributed by atoms with Crippen LogP contribution in [-0.4, -0.2) is 11.6 Å². The zero-order chi connectivity index (χ0) is 12.5. The number of fused-ring (bicyclic) bond motifs is 1. The average molecular weight is 240 g/mol. The first-order valence-corrected chi connectivity index (χ1v) is 5.60. The van der Waals surface area contributed by atoms with Crippen LogP contribution in [0.4, 0.5) is 0 Å². The van der Waals surface area contributed by atoms with Crippen molar-refractivity contribution in [3.63, 3.8) is 0 Å². The Bertz CT molecular complexity index is 712. The maximum atomic E-state index is 12.3. The van der Waals surface area contributed by atoms with Crippen LogP contribution >= 0.6 is 0 Å². The second kappa shape index (κ2) is 4.16. The smallest absolute Gasteiger partial charge is 0.201 e. The van der Waals surface area contributed by atoms with Gasteiger partial charge in [0.2, 0.25) is 5.43 Å². The Morgan fingerprint density at radius 3 is 2.94 bits per heavy atom. The monoisotopic (exact) mass is 240 g/mol. The lowest BCUT2D eigenvalue weighted by Gasteiger charge is -2.33. The minimum atomic E-state index is -0.181. The van der Waals surface area contributed by atoms with Crippen molar-refractivity contribution in [2.75, 3.05) is 6.54 Å². The molecule has 3 rings (SSSR count). The van der Waals surface area contributed by atoms with Crippen molar-refractivity contribution in [1.82, 2.24) is 5.06 Å². The SMILES string of the molecule is O=c1c(C2=CC=CCN2[O-])coc2ccccc12. The minimum Gasteiger partial charge on any atom is -0.758 e. The molecule has 4 heteroatoms. The van der Waals surface area contributed by atoms with Gasteiger partial charge >= 0.3 is 0 Å². The van der Waals surface area contributed by atoms with Gasteiger partial charge in [-0.3, -0.25) is 4.79 Å². The summed E-state index contributed by atoms with van der Waals surface area (Å²) in [6.45, 7) is 0.248. The number of hydroxylamine groups is 2. The predicted molar refractivity (Wildman–Crippen MR) is 69.7 cm³/mol. The first kappa shape index (κ1) is 10.8. The number of allylic oxidation sites excluding steroid dienone is 2. The summed E-state index contributed by atoms with van der Waals surface area (Å²) in [6.07, 6.45) is 6.47. The summed E-state index contributed by atoms with van der Waals surface area (Å²) in [5, 5.41) is 13.0. The molecule has 0 aliphatic carbocycles. The fourth-order valence-corrected chi connectivity index (χ4v) is 1.98. The lowest BCUT2D eigenvalue weighted by Crippen LogP contribution is -2.21. The molecule has 90 valence electrons. The molecule has 1 aliphatic rings. The maximum Gasteiger partial charge on any atom is 0.201 e. The molecule has 0 N–H and O–H groups in total. The Labute approximate surface area is 103 Å². The number of nitrogens with zero attached hydrogens (tertiary/aromatic N) is 1. The first-order valence-electron chi connectivity index (χ1n) is 5.60. The molecular weight excluding hydrogens is 230 g/mol. The Hall–Kier alpha value is -2.33. The Balaban J connectivity index is 2.25. The first-order chi connectivity index (χ1) is 8.77. The number of para-hydroxylation sites is 1. The lowest BCUT2D eigenvalue weighted by molar-refractivity contribution is 0.571. The summed E-state index contributed by atoms with van der Waals surface area (Å²) in [5.74, 6) is 0. The molecule has 0 atom stereocenters. The molecule has 1 aromatic heterocycles. The van der Waals surface area contributed by atoms with E-state index in [-0.39, 0.29) is 12.0 Å². The zero-order valence-corrected chi connectivity index (χ0v) is 9.50. The molecule has 2 heterocycles. The zero-order valence-electron chi connectivity index (χ0n) is 9.50. The second-order valence-electron chi connectivity index (χ2n) is 4.02. The van der Waals surface area contributed by atoms with Gasteiger partial charge in [0.1, 0.15) is 11.8 Å². The van der Waals surface area contributed by atoms with Gasteiger partial charge in [-0.25, -0.2) is 0 Å². The third-order valence-corrected chi connectivity index (χ3v) is 2.89. The van der Waals surface area contributed by atoms with Crippen LogP contribution in [-0.2, 0) is 0 Å². The summed E-state index contributed by atoms with van der Waals surface area (Å²) in [4.78, 5) is 12.3. The maximum absolute atomic E-state index is 12.3. The number of rotatable bonds is 1. The van der Waals surface area contributed by atoms with E-state index in [0.29, 0.717) is 22.2 Å². The highest BCUT2D eigenvalue weighted by Crippen LogP contribution is 2.20. The van der Waals surface area contributed by atoms with Crippen molar-refractivity contribution in [3.05, 3.63) is 69.8 Å². The van der Waals surface area contributed by atoms with Gasteiger partial charge in [-0.1, -0.05) is 24.3 Å². The molecule has 0 amide bonds. The van der Waals surface area contributed by atoms with Crippen molar-refractivity contribution in [3.8, 4) is 0 Å². The summed E-state index contributed by atoms with van der Waals surface area (Å²) in [5.41, 5.74) is 0.986. The van der Waals surface area contributed by atoms with E-state index in [1.54, 1.807) is 42.5 Å². The van der Waals surface area contributed by atoms with Gasteiger partial charge in [0, 0.05) is 12.2 Å². The topological polar surface area (TPSA) is 56.5 Å². The van der Waals surface area contributed by atoms with Crippen LogP contribution in [0.5, 0.6) is 0 Å². The van der Waals surface area contributed by atoms with Gasteiger partial charge < -0.3 is 14.7 Å². The van der Waals surface area contributed by atoms with E-state index in [9.17, 15) is 10.0 Å². The molecule has 1 aliphatic heterocycles.